The maximum Gasteiger partial charge on any atom is 0.0570 e. The standard InChI is InChI=1S/C9H18O2/c1-2-3-9(10)8-4-6-11-7-5-8/h8-10H,2-7H2,1H3. The van der Waals surface area contributed by atoms with Crippen LogP contribution in [0.3, 0.4) is 0 Å². The fourth-order valence-corrected chi connectivity index (χ4v) is 1.63. The topological polar surface area (TPSA) is 29.5 Å². The maximum atomic E-state index is 9.62. The molecule has 1 rings (SSSR count). The summed E-state index contributed by atoms with van der Waals surface area (Å²) < 4.78 is 5.22. The van der Waals surface area contributed by atoms with Gasteiger partial charge in [0.1, 0.15) is 0 Å². The van der Waals surface area contributed by atoms with Crippen molar-refractivity contribution in [1.29, 1.82) is 0 Å². The zero-order valence-electron chi connectivity index (χ0n) is 7.25. The monoisotopic (exact) mass is 158 g/mol. The second-order valence-corrected chi connectivity index (χ2v) is 3.31. The molecule has 1 unspecified atom stereocenters. The van der Waals surface area contributed by atoms with Crippen LogP contribution < -0.4 is 0 Å². The van der Waals surface area contributed by atoms with Gasteiger partial charge in [-0.05, 0) is 25.2 Å². The highest BCUT2D eigenvalue weighted by Crippen LogP contribution is 2.21. The van der Waals surface area contributed by atoms with Crippen LogP contribution in [0, 0.1) is 5.92 Å². The molecule has 1 N–H and O–H groups in total. The molecule has 0 bridgehead atoms. The Kier molecular flexibility index (Phi) is 3.87. The van der Waals surface area contributed by atoms with Gasteiger partial charge in [-0.3, -0.25) is 0 Å². The first-order chi connectivity index (χ1) is 5.34. The van der Waals surface area contributed by atoms with E-state index < -0.39 is 0 Å². The molecule has 0 radical (unpaired) electrons. The van der Waals surface area contributed by atoms with Crippen LogP contribution >= 0.6 is 0 Å². The number of ether oxygens (including phenoxy) is 1. The smallest absolute Gasteiger partial charge is 0.0570 e. The van der Waals surface area contributed by atoms with Crippen LogP contribution in [-0.2, 0) is 4.74 Å². The van der Waals surface area contributed by atoms with Crippen LogP contribution in [0.2, 0.25) is 0 Å². The first-order valence-electron chi connectivity index (χ1n) is 4.60. The van der Waals surface area contributed by atoms with Gasteiger partial charge in [-0.25, -0.2) is 0 Å². The van der Waals surface area contributed by atoms with Crippen molar-refractivity contribution >= 4 is 0 Å². The molecule has 0 aromatic rings. The van der Waals surface area contributed by atoms with E-state index in [0.717, 1.165) is 38.9 Å². The Morgan fingerprint density at radius 2 is 2.09 bits per heavy atom. The predicted molar refractivity (Wildman–Crippen MR) is 44.5 cm³/mol. The molecule has 0 aromatic heterocycles. The van der Waals surface area contributed by atoms with Gasteiger partial charge in [-0.2, -0.15) is 0 Å². The average molecular weight is 158 g/mol. The van der Waals surface area contributed by atoms with Crippen molar-refractivity contribution in [2.75, 3.05) is 13.2 Å². The first-order valence-corrected chi connectivity index (χ1v) is 4.60. The second kappa shape index (κ2) is 4.73. The summed E-state index contributed by atoms with van der Waals surface area (Å²) in [6, 6.07) is 0. The molecule has 1 fully saturated rings. The van der Waals surface area contributed by atoms with Crippen molar-refractivity contribution in [1.82, 2.24) is 0 Å². The third kappa shape index (κ3) is 2.80. The highest BCUT2D eigenvalue weighted by atomic mass is 16.5. The molecule has 1 atom stereocenters. The Balaban J connectivity index is 2.21. The lowest BCUT2D eigenvalue weighted by atomic mass is 9.91. The Morgan fingerprint density at radius 1 is 1.45 bits per heavy atom. The van der Waals surface area contributed by atoms with Gasteiger partial charge in [0.05, 0.1) is 6.10 Å². The quantitative estimate of drug-likeness (QED) is 0.675. The lowest BCUT2D eigenvalue weighted by molar-refractivity contribution is 0.00478. The van der Waals surface area contributed by atoms with Gasteiger partial charge in [0.25, 0.3) is 0 Å². The second-order valence-electron chi connectivity index (χ2n) is 3.31. The Labute approximate surface area is 68.6 Å². The number of aliphatic hydroxyl groups excluding tert-OH is 1. The summed E-state index contributed by atoms with van der Waals surface area (Å²) in [5.74, 6) is 0.503. The molecule has 0 saturated carbocycles. The zero-order chi connectivity index (χ0) is 8.10. The van der Waals surface area contributed by atoms with E-state index >= 15 is 0 Å². The van der Waals surface area contributed by atoms with Crippen molar-refractivity contribution < 1.29 is 9.84 Å². The molecule has 0 amide bonds. The third-order valence-corrected chi connectivity index (χ3v) is 2.39. The Morgan fingerprint density at radius 3 is 2.64 bits per heavy atom. The average Bonchev–Trinajstić information content (AvgIpc) is 2.07. The number of hydrogen-bond acceptors (Lipinski definition) is 2. The summed E-state index contributed by atoms with van der Waals surface area (Å²) in [5.41, 5.74) is 0. The molecular weight excluding hydrogens is 140 g/mol. The van der Waals surface area contributed by atoms with Crippen LogP contribution in [-0.4, -0.2) is 24.4 Å². The third-order valence-electron chi connectivity index (χ3n) is 2.39. The molecule has 11 heavy (non-hydrogen) atoms. The summed E-state index contributed by atoms with van der Waals surface area (Å²) in [6.45, 7) is 3.79. The summed E-state index contributed by atoms with van der Waals surface area (Å²) in [6.07, 6.45) is 4.04. The molecular formula is C9H18O2. The van der Waals surface area contributed by atoms with Gasteiger partial charge >= 0.3 is 0 Å². The van der Waals surface area contributed by atoms with Crippen molar-refractivity contribution in [2.24, 2.45) is 5.92 Å². The summed E-state index contributed by atoms with van der Waals surface area (Å²) in [5, 5.41) is 9.62. The van der Waals surface area contributed by atoms with Gasteiger partial charge < -0.3 is 9.84 Å². The molecule has 0 spiro atoms. The fraction of sp³-hybridized carbons (Fsp3) is 1.00. The molecule has 2 nitrogen and oxygen atoms in total. The summed E-state index contributed by atoms with van der Waals surface area (Å²) in [7, 11) is 0. The molecule has 0 aromatic carbocycles. The van der Waals surface area contributed by atoms with Crippen molar-refractivity contribution in [3.63, 3.8) is 0 Å². The van der Waals surface area contributed by atoms with Gasteiger partial charge in [-0.1, -0.05) is 13.3 Å². The minimum atomic E-state index is -0.0797. The van der Waals surface area contributed by atoms with Crippen LogP contribution in [0.15, 0.2) is 0 Å². The lowest BCUT2D eigenvalue weighted by Crippen LogP contribution is -2.26. The minimum Gasteiger partial charge on any atom is -0.393 e. The van der Waals surface area contributed by atoms with Crippen LogP contribution in [0.5, 0.6) is 0 Å². The van der Waals surface area contributed by atoms with E-state index in [1.807, 2.05) is 0 Å². The van der Waals surface area contributed by atoms with E-state index in [4.69, 9.17) is 4.74 Å². The molecule has 1 aliphatic rings. The van der Waals surface area contributed by atoms with Crippen molar-refractivity contribution in [2.45, 2.75) is 38.7 Å². The van der Waals surface area contributed by atoms with Gasteiger partial charge in [-0.15, -0.1) is 0 Å². The number of hydrogen-bond donors (Lipinski definition) is 1. The van der Waals surface area contributed by atoms with Gasteiger partial charge in [0, 0.05) is 13.2 Å². The van der Waals surface area contributed by atoms with E-state index in [-0.39, 0.29) is 6.10 Å². The minimum absolute atomic E-state index is 0.0797. The van der Waals surface area contributed by atoms with Gasteiger partial charge in [0.15, 0.2) is 0 Å². The van der Waals surface area contributed by atoms with Crippen molar-refractivity contribution in [3.8, 4) is 0 Å². The zero-order valence-corrected chi connectivity index (χ0v) is 7.25. The lowest BCUT2D eigenvalue weighted by Gasteiger charge is -2.26. The SMILES string of the molecule is CCCC(O)C1CCOCC1. The fourth-order valence-electron chi connectivity index (χ4n) is 1.63. The van der Waals surface area contributed by atoms with E-state index in [9.17, 15) is 5.11 Å². The van der Waals surface area contributed by atoms with E-state index in [1.54, 1.807) is 0 Å². The number of rotatable bonds is 3. The maximum absolute atomic E-state index is 9.62. The highest BCUT2D eigenvalue weighted by molar-refractivity contribution is 4.71. The van der Waals surface area contributed by atoms with E-state index in [1.165, 1.54) is 0 Å². The van der Waals surface area contributed by atoms with Crippen LogP contribution in [0.4, 0.5) is 0 Å². The van der Waals surface area contributed by atoms with E-state index in [0.29, 0.717) is 5.92 Å². The molecule has 0 aliphatic carbocycles. The molecule has 1 saturated heterocycles. The predicted octanol–water partition coefficient (Wildman–Crippen LogP) is 1.57. The molecule has 2 heteroatoms. The molecule has 1 heterocycles. The highest BCUT2D eigenvalue weighted by Gasteiger charge is 2.20. The largest absolute Gasteiger partial charge is 0.393 e. The molecule has 66 valence electrons. The normalized spacial score (nSPS) is 23.5. The number of aliphatic hydroxyl groups is 1. The molecule has 1 aliphatic heterocycles. The van der Waals surface area contributed by atoms with Crippen LogP contribution in [0.1, 0.15) is 32.6 Å². The summed E-state index contributed by atoms with van der Waals surface area (Å²) in [4.78, 5) is 0. The van der Waals surface area contributed by atoms with Gasteiger partial charge in [0.2, 0.25) is 0 Å². The first kappa shape index (κ1) is 9.01. The Hall–Kier alpha value is -0.0800. The Bertz CT molecular complexity index is 97.7. The summed E-state index contributed by atoms with van der Waals surface area (Å²) >= 11 is 0. The van der Waals surface area contributed by atoms with Crippen LogP contribution in [0.25, 0.3) is 0 Å². The van der Waals surface area contributed by atoms with Crippen molar-refractivity contribution in [3.05, 3.63) is 0 Å². The van der Waals surface area contributed by atoms with E-state index in [2.05, 4.69) is 6.92 Å².